The van der Waals surface area contributed by atoms with Gasteiger partial charge in [0.2, 0.25) is 5.91 Å². The lowest BCUT2D eigenvalue weighted by Crippen LogP contribution is -2.47. The van der Waals surface area contributed by atoms with E-state index in [2.05, 4.69) is 5.32 Å². The highest BCUT2D eigenvalue weighted by atomic mass is 35.5. The molecule has 1 unspecified atom stereocenters. The van der Waals surface area contributed by atoms with Gasteiger partial charge in [0.25, 0.3) is 0 Å². The van der Waals surface area contributed by atoms with Gasteiger partial charge in [-0.2, -0.15) is 0 Å². The average Bonchev–Trinajstić information content (AvgIpc) is 2.53. The summed E-state index contributed by atoms with van der Waals surface area (Å²) in [6.07, 6.45) is 5.56. The van der Waals surface area contributed by atoms with Gasteiger partial charge in [0.15, 0.2) is 9.84 Å². The zero-order valence-corrected chi connectivity index (χ0v) is 14.6. The van der Waals surface area contributed by atoms with Gasteiger partial charge in [-0.25, -0.2) is 8.42 Å². The number of sulfone groups is 1. The van der Waals surface area contributed by atoms with Gasteiger partial charge in [0, 0.05) is 17.6 Å². The Morgan fingerprint density at radius 1 is 1.22 bits per heavy atom. The highest BCUT2D eigenvalue weighted by Crippen LogP contribution is 2.26. The van der Waals surface area contributed by atoms with Crippen molar-refractivity contribution in [3.05, 3.63) is 29.3 Å². The first-order chi connectivity index (χ1) is 10.9. The van der Waals surface area contributed by atoms with Gasteiger partial charge >= 0.3 is 0 Å². The van der Waals surface area contributed by atoms with Crippen molar-refractivity contribution < 1.29 is 13.2 Å². The molecule has 2 rings (SSSR count). The molecule has 0 aromatic heterocycles. The summed E-state index contributed by atoms with van der Waals surface area (Å²) in [5.74, 6) is -0.727. The van der Waals surface area contributed by atoms with Crippen molar-refractivity contribution in [1.29, 1.82) is 0 Å². The van der Waals surface area contributed by atoms with Crippen LogP contribution < -0.4 is 11.1 Å². The van der Waals surface area contributed by atoms with E-state index in [0.29, 0.717) is 17.5 Å². The minimum Gasteiger partial charge on any atom is -0.351 e. The molecule has 1 aliphatic rings. The lowest BCUT2D eigenvalue weighted by Gasteiger charge is -2.30. The number of nitrogens with two attached hydrogens (primary N) is 1. The first kappa shape index (κ1) is 18.2. The lowest BCUT2D eigenvalue weighted by atomic mass is 9.84. The molecule has 1 fully saturated rings. The van der Waals surface area contributed by atoms with Gasteiger partial charge in [-0.15, -0.1) is 0 Å². The van der Waals surface area contributed by atoms with Crippen molar-refractivity contribution in [3.8, 4) is 0 Å². The average molecular weight is 359 g/mol. The molecule has 7 heteroatoms. The minimum absolute atomic E-state index is 0.0963. The van der Waals surface area contributed by atoms with Crippen molar-refractivity contribution in [1.82, 2.24) is 5.32 Å². The molecular formula is C16H23ClN2O3S. The van der Waals surface area contributed by atoms with Crippen LogP contribution in [0.25, 0.3) is 0 Å². The fourth-order valence-corrected chi connectivity index (χ4v) is 4.32. The van der Waals surface area contributed by atoms with Crippen molar-refractivity contribution in [2.24, 2.45) is 11.7 Å². The van der Waals surface area contributed by atoms with Crippen LogP contribution in [0.1, 0.15) is 32.1 Å². The molecule has 0 bridgehead atoms. The highest BCUT2D eigenvalue weighted by Gasteiger charge is 2.26. The van der Waals surface area contributed by atoms with E-state index in [0.717, 1.165) is 25.7 Å². The van der Waals surface area contributed by atoms with Crippen LogP contribution in [0, 0.1) is 5.92 Å². The van der Waals surface area contributed by atoms with Gasteiger partial charge in [0.1, 0.15) is 5.75 Å². The lowest BCUT2D eigenvalue weighted by molar-refractivity contribution is -0.119. The Morgan fingerprint density at radius 2 is 1.83 bits per heavy atom. The van der Waals surface area contributed by atoms with Crippen molar-refractivity contribution in [3.63, 3.8) is 0 Å². The Kier molecular flexibility index (Phi) is 6.44. The van der Waals surface area contributed by atoms with Crippen LogP contribution in [0.5, 0.6) is 0 Å². The normalized spacial score (nSPS) is 17.7. The SMILES string of the molecule is NCC(NC(=O)CS(=O)(=O)c1ccc(Cl)cc1)C1CCCCC1. The van der Waals surface area contributed by atoms with E-state index in [4.69, 9.17) is 17.3 Å². The Morgan fingerprint density at radius 3 is 2.39 bits per heavy atom. The predicted octanol–water partition coefficient (Wildman–Crippen LogP) is 2.14. The number of rotatable bonds is 6. The first-order valence-electron chi connectivity index (χ1n) is 7.90. The number of hydrogen-bond acceptors (Lipinski definition) is 4. The van der Waals surface area contributed by atoms with Crippen LogP contribution in [0.4, 0.5) is 0 Å². The van der Waals surface area contributed by atoms with E-state index >= 15 is 0 Å². The summed E-state index contributed by atoms with van der Waals surface area (Å²) in [5, 5.41) is 3.26. The number of amides is 1. The van der Waals surface area contributed by atoms with Crippen LogP contribution in [0.15, 0.2) is 29.2 Å². The maximum atomic E-state index is 12.3. The number of halogens is 1. The minimum atomic E-state index is -3.67. The zero-order valence-electron chi connectivity index (χ0n) is 13.0. The standard InChI is InChI=1S/C16H23ClN2O3S/c17-13-6-8-14(9-7-13)23(21,22)11-16(20)19-15(10-18)12-4-2-1-3-5-12/h6-9,12,15H,1-5,10-11,18H2,(H,19,20). The van der Waals surface area contributed by atoms with Crippen molar-refractivity contribution in [2.45, 2.75) is 43.0 Å². The van der Waals surface area contributed by atoms with Gasteiger partial charge < -0.3 is 11.1 Å². The third kappa shape index (κ3) is 5.19. The van der Waals surface area contributed by atoms with E-state index in [1.165, 1.54) is 30.7 Å². The summed E-state index contributed by atoms with van der Waals surface area (Å²) in [5.41, 5.74) is 5.76. The molecule has 1 atom stereocenters. The van der Waals surface area contributed by atoms with E-state index < -0.39 is 21.5 Å². The number of carbonyl (C=O) groups excluding carboxylic acids is 1. The van der Waals surface area contributed by atoms with Gasteiger partial charge in [-0.3, -0.25) is 4.79 Å². The summed E-state index contributed by atoms with van der Waals surface area (Å²) in [6.45, 7) is 0.331. The molecule has 1 aliphatic carbocycles. The third-order valence-electron chi connectivity index (χ3n) is 4.31. The van der Waals surface area contributed by atoms with Crippen LogP contribution in [0.3, 0.4) is 0 Å². The van der Waals surface area contributed by atoms with Crippen LogP contribution >= 0.6 is 11.6 Å². The van der Waals surface area contributed by atoms with E-state index in [1.54, 1.807) is 0 Å². The molecule has 0 saturated heterocycles. The molecule has 1 aromatic carbocycles. The van der Waals surface area contributed by atoms with E-state index in [-0.39, 0.29) is 10.9 Å². The van der Waals surface area contributed by atoms with Gasteiger partial charge in [-0.1, -0.05) is 30.9 Å². The molecule has 0 radical (unpaired) electrons. The van der Waals surface area contributed by atoms with E-state index in [9.17, 15) is 13.2 Å². The van der Waals surface area contributed by atoms with Crippen LogP contribution in [-0.2, 0) is 14.6 Å². The molecule has 0 aliphatic heterocycles. The van der Waals surface area contributed by atoms with Crippen molar-refractivity contribution in [2.75, 3.05) is 12.3 Å². The molecule has 0 spiro atoms. The second kappa shape index (κ2) is 8.13. The molecule has 5 nitrogen and oxygen atoms in total. The fraction of sp³-hybridized carbons (Fsp3) is 0.562. The summed E-state index contributed by atoms with van der Waals surface area (Å²) in [7, 11) is -3.67. The molecule has 1 amide bonds. The molecule has 3 N–H and O–H groups in total. The Bertz CT molecular complexity index is 625. The summed E-state index contributed by atoms with van der Waals surface area (Å²) >= 11 is 5.75. The summed E-state index contributed by atoms with van der Waals surface area (Å²) in [6, 6.07) is 5.66. The summed E-state index contributed by atoms with van der Waals surface area (Å²) in [4.78, 5) is 12.2. The smallest absolute Gasteiger partial charge is 0.235 e. The molecule has 1 saturated carbocycles. The molecular weight excluding hydrogens is 336 g/mol. The second-order valence-electron chi connectivity index (χ2n) is 6.02. The largest absolute Gasteiger partial charge is 0.351 e. The maximum absolute atomic E-state index is 12.3. The number of hydrogen-bond donors (Lipinski definition) is 2. The Balaban J connectivity index is 1.98. The summed E-state index contributed by atoms with van der Waals surface area (Å²) < 4.78 is 24.5. The van der Waals surface area contributed by atoms with Gasteiger partial charge in [-0.05, 0) is 43.0 Å². The van der Waals surface area contributed by atoms with Crippen LogP contribution in [-0.4, -0.2) is 32.7 Å². The molecule has 1 aromatic rings. The van der Waals surface area contributed by atoms with Crippen molar-refractivity contribution >= 4 is 27.3 Å². The topological polar surface area (TPSA) is 89.3 Å². The van der Waals surface area contributed by atoms with E-state index in [1.807, 2.05) is 0 Å². The fourth-order valence-electron chi connectivity index (χ4n) is 3.05. The molecule has 128 valence electrons. The first-order valence-corrected chi connectivity index (χ1v) is 9.93. The quantitative estimate of drug-likeness (QED) is 0.815. The number of nitrogens with one attached hydrogen (secondary N) is 1. The maximum Gasteiger partial charge on any atom is 0.235 e. The molecule has 23 heavy (non-hydrogen) atoms. The second-order valence-corrected chi connectivity index (χ2v) is 8.45. The number of carbonyl (C=O) groups is 1. The third-order valence-corrected chi connectivity index (χ3v) is 6.20. The molecule has 0 heterocycles. The van der Waals surface area contributed by atoms with Gasteiger partial charge in [0.05, 0.1) is 4.90 Å². The number of benzene rings is 1. The Hall–Kier alpha value is -1.11. The highest BCUT2D eigenvalue weighted by molar-refractivity contribution is 7.92. The zero-order chi connectivity index (χ0) is 16.9. The Labute approximate surface area is 142 Å². The van der Waals surface area contributed by atoms with Crippen LogP contribution in [0.2, 0.25) is 5.02 Å². The predicted molar refractivity (Wildman–Crippen MR) is 91.1 cm³/mol. The monoisotopic (exact) mass is 358 g/mol.